The van der Waals surface area contributed by atoms with Crippen LogP contribution < -0.4 is 5.32 Å². The summed E-state index contributed by atoms with van der Waals surface area (Å²) >= 11 is 0.882. The number of rotatable bonds is 5. The Bertz CT molecular complexity index is 333. The quantitative estimate of drug-likeness (QED) is 0.800. The van der Waals surface area contributed by atoms with Crippen LogP contribution in [0.4, 0.5) is 22.0 Å². The van der Waals surface area contributed by atoms with Gasteiger partial charge < -0.3 is 5.32 Å². The summed E-state index contributed by atoms with van der Waals surface area (Å²) in [6.45, 7) is 1.80. The van der Waals surface area contributed by atoms with Gasteiger partial charge in [-0.3, -0.25) is 0 Å². The third kappa shape index (κ3) is 3.16. The summed E-state index contributed by atoms with van der Waals surface area (Å²) in [6, 6.07) is 0.715. The van der Waals surface area contributed by atoms with Gasteiger partial charge in [0.05, 0.1) is 0 Å². The van der Waals surface area contributed by atoms with Crippen LogP contribution in [0.2, 0.25) is 0 Å². The van der Waals surface area contributed by atoms with Gasteiger partial charge in [0.25, 0.3) is 0 Å². The van der Waals surface area contributed by atoms with Gasteiger partial charge in [-0.15, -0.1) is 11.3 Å². The molecule has 17 heavy (non-hydrogen) atoms. The minimum absolute atomic E-state index is 0.0132. The van der Waals surface area contributed by atoms with Crippen molar-refractivity contribution in [2.24, 2.45) is 0 Å². The lowest BCUT2D eigenvalue weighted by Gasteiger charge is -2.28. The summed E-state index contributed by atoms with van der Waals surface area (Å²) in [7, 11) is 0. The van der Waals surface area contributed by atoms with Gasteiger partial charge in [-0.25, -0.2) is 0 Å². The zero-order chi connectivity index (χ0) is 13.1. The smallest absolute Gasteiger partial charge is 0.304 e. The molecule has 0 spiro atoms. The highest BCUT2D eigenvalue weighted by Gasteiger charge is 2.62. The Morgan fingerprint density at radius 1 is 1.29 bits per heavy atom. The van der Waals surface area contributed by atoms with E-state index in [1.807, 2.05) is 0 Å². The van der Waals surface area contributed by atoms with Gasteiger partial charge in [-0.1, -0.05) is 13.0 Å². The van der Waals surface area contributed by atoms with Crippen molar-refractivity contribution < 1.29 is 22.0 Å². The van der Waals surface area contributed by atoms with Crippen molar-refractivity contribution in [3.8, 4) is 0 Å². The highest BCUT2D eigenvalue weighted by atomic mass is 32.1. The molecule has 1 rings (SSSR count). The van der Waals surface area contributed by atoms with Crippen molar-refractivity contribution in [1.82, 2.24) is 5.32 Å². The summed E-state index contributed by atoms with van der Waals surface area (Å²) in [4.78, 5) is -0.0132. The van der Waals surface area contributed by atoms with E-state index in [1.165, 1.54) is 17.5 Å². The molecule has 1 heterocycles. The number of thiophene rings is 1. The van der Waals surface area contributed by atoms with E-state index < -0.39 is 18.1 Å². The first-order valence-electron chi connectivity index (χ1n) is 5.02. The zero-order valence-electron chi connectivity index (χ0n) is 9.02. The summed E-state index contributed by atoms with van der Waals surface area (Å²) in [5.74, 6) is -4.77. The van der Waals surface area contributed by atoms with E-state index in [0.29, 0.717) is 6.42 Å². The Hall–Kier alpha value is -0.690. The summed E-state index contributed by atoms with van der Waals surface area (Å²) in [5, 5.41) is 3.73. The van der Waals surface area contributed by atoms with Gasteiger partial charge in [0, 0.05) is 4.88 Å². The van der Waals surface area contributed by atoms with Gasteiger partial charge in [0.15, 0.2) is 0 Å². The Morgan fingerprint density at radius 3 is 2.35 bits per heavy atom. The van der Waals surface area contributed by atoms with E-state index in [4.69, 9.17) is 0 Å². The monoisotopic (exact) mass is 273 g/mol. The van der Waals surface area contributed by atoms with Crippen LogP contribution in [0.1, 0.15) is 24.3 Å². The van der Waals surface area contributed by atoms with E-state index in [-0.39, 0.29) is 11.4 Å². The largest absolute Gasteiger partial charge is 0.455 e. The second kappa shape index (κ2) is 5.30. The van der Waals surface area contributed by atoms with Crippen LogP contribution in [-0.4, -0.2) is 18.6 Å². The van der Waals surface area contributed by atoms with Crippen LogP contribution in [0, 0.1) is 0 Å². The predicted octanol–water partition coefficient (Wildman–Crippen LogP) is 3.99. The Kier molecular flexibility index (Phi) is 4.48. The first kappa shape index (κ1) is 14.4. The molecule has 0 saturated carbocycles. The molecule has 0 aliphatic carbocycles. The molecule has 0 aliphatic rings. The van der Waals surface area contributed by atoms with Gasteiger partial charge in [-0.05, 0) is 24.4 Å². The van der Waals surface area contributed by atoms with Crippen molar-refractivity contribution in [3.63, 3.8) is 0 Å². The predicted molar refractivity (Wildman–Crippen MR) is 56.4 cm³/mol. The Labute approximate surface area is 99.6 Å². The van der Waals surface area contributed by atoms with E-state index in [1.54, 1.807) is 6.92 Å². The highest BCUT2D eigenvalue weighted by molar-refractivity contribution is 7.10. The van der Waals surface area contributed by atoms with E-state index in [0.717, 1.165) is 11.3 Å². The molecule has 0 aliphatic heterocycles. The highest BCUT2D eigenvalue weighted by Crippen LogP contribution is 2.45. The maximum atomic E-state index is 13.3. The Balaban J connectivity index is 2.98. The summed E-state index contributed by atoms with van der Waals surface area (Å²) < 4.78 is 63.6. The summed E-state index contributed by atoms with van der Waals surface area (Å²) in [5.41, 5.74) is 0. The SMILES string of the molecule is CCCNC(c1cccs1)C(F)(F)C(F)(F)F. The molecule has 0 saturated heterocycles. The fraction of sp³-hybridized carbons (Fsp3) is 0.600. The molecule has 1 unspecified atom stereocenters. The molecular formula is C10H12F5NS. The lowest BCUT2D eigenvalue weighted by atomic mass is 10.1. The fourth-order valence-electron chi connectivity index (χ4n) is 1.32. The second-order valence-corrected chi connectivity index (χ2v) is 4.50. The minimum Gasteiger partial charge on any atom is -0.304 e. The van der Waals surface area contributed by atoms with Gasteiger partial charge >= 0.3 is 12.1 Å². The van der Waals surface area contributed by atoms with Crippen molar-refractivity contribution in [3.05, 3.63) is 22.4 Å². The average Bonchev–Trinajstić information content (AvgIpc) is 2.69. The van der Waals surface area contributed by atoms with Crippen LogP contribution in [0.3, 0.4) is 0 Å². The van der Waals surface area contributed by atoms with Crippen LogP contribution in [0.15, 0.2) is 17.5 Å². The minimum atomic E-state index is -5.55. The van der Waals surface area contributed by atoms with Crippen molar-refractivity contribution in [2.45, 2.75) is 31.5 Å². The zero-order valence-corrected chi connectivity index (χ0v) is 9.84. The molecule has 1 nitrogen and oxygen atoms in total. The average molecular weight is 273 g/mol. The number of alkyl halides is 5. The third-order valence-corrected chi connectivity index (χ3v) is 3.10. The molecule has 0 fully saturated rings. The van der Waals surface area contributed by atoms with Crippen molar-refractivity contribution in [2.75, 3.05) is 6.54 Å². The van der Waals surface area contributed by atoms with Crippen LogP contribution in [0.5, 0.6) is 0 Å². The topological polar surface area (TPSA) is 12.0 Å². The molecular weight excluding hydrogens is 261 g/mol. The number of hydrogen-bond acceptors (Lipinski definition) is 2. The molecule has 1 N–H and O–H groups in total. The van der Waals surface area contributed by atoms with Crippen LogP contribution in [-0.2, 0) is 0 Å². The van der Waals surface area contributed by atoms with Crippen LogP contribution in [0.25, 0.3) is 0 Å². The molecule has 1 aromatic rings. The van der Waals surface area contributed by atoms with Crippen molar-refractivity contribution >= 4 is 11.3 Å². The molecule has 98 valence electrons. The second-order valence-electron chi connectivity index (χ2n) is 3.52. The van der Waals surface area contributed by atoms with Crippen molar-refractivity contribution in [1.29, 1.82) is 0 Å². The third-order valence-electron chi connectivity index (χ3n) is 2.17. The first-order valence-corrected chi connectivity index (χ1v) is 5.90. The molecule has 1 aromatic heterocycles. The fourth-order valence-corrected chi connectivity index (χ4v) is 2.15. The normalized spacial score (nSPS) is 14.9. The first-order chi connectivity index (χ1) is 7.80. The van der Waals surface area contributed by atoms with Crippen LogP contribution >= 0.6 is 11.3 Å². The van der Waals surface area contributed by atoms with E-state index in [2.05, 4.69) is 5.32 Å². The number of halogens is 5. The molecule has 1 atom stereocenters. The van der Waals surface area contributed by atoms with E-state index >= 15 is 0 Å². The van der Waals surface area contributed by atoms with Gasteiger partial charge in [-0.2, -0.15) is 22.0 Å². The van der Waals surface area contributed by atoms with Gasteiger partial charge in [0.2, 0.25) is 0 Å². The van der Waals surface area contributed by atoms with Gasteiger partial charge in [0.1, 0.15) is 6.04 Å². The maximum absolute atomic E-state index is 13.3. The lowest BCUT2D eigenvalue weighted by molar-refractivity contribution is -0.294. The number of nitrogens with one attached hydrogen (secondary N) is 1. The Morgan fingerprint density at radius 2 is 1.94 bits per heavy atom. The maximum Gasteiger partial charge on any atom is 0.455 e. The van der Waals surface area contributed by atoms with E-state index in [9.17, 15) is 22.0 Å². The summed E-state index contributed by atoms with van der Waals surface area (Å²) in [6.07, 6.45) is -5.07. The standard InChI is InChI=1S/C10H12F5NS/c1-2-5-16-8(7-4-3-6-17-7)9(11,12)10(13,14)15/h3-4,6,8,16H,2,5H2,1H3. The molecule has 0 amide bonds. The number of hydrogen-bond donors (Lipinski definition) is 1. The molecule has 0 radical (unpaired) electrons. The molecule has 0 bridgehead atoms. The molecule has 7 heteroatoms. The molecule has 0 aromatic carbocycles. The lowest BCUT2D eigenvalue weighted by Crippen LogP contribution is -2.47.